The molecule has 1 saturated heterocycles. The molecule has 6 heteroatoms. The van der Waals surface area contributed by atoms with Gasteiger partial charge in [-0.25, -0.2) is 4.79 Å². The minimum atomic E-state index is -0.103. The number of amides is 2. The molecule has 1 aliphatic heterocycles. The Bertz CT molecular complexity index is 440. The Labute approximate surface area is 102 Å². The summed E-state index contributed by atoms with van der Waals surface area (Å²) in [4.78, 5) is 13.4. The molecule has 1 fully saturated rings. The third-order valence-corrected chi connectivity index (χ3v) is 3.11. The molecule has 2 heterocycles. The highest BCUT2D eigenvalue weighted by Gasteiger charge is 2.21. The van der Waals surface area contributed by atoms with E-state index in [1.807, 2.05) is 13.2 Å². The highest BCUT2D eigenvalue weighted by molar-refractivity contribution is 9.10. The zero-order chi connectivity index (χ0) is 11.7. The Balaban J connectivity index is 2.07. The first-order chi connectivity index (χ1) is 7.56. The number of carbonyl (C=O) groups excluding carboxylic acids is 1. The molecule has 1 N–H and O–H groups in total. The molecule has 0 aromatic carbocycles. The van der Waals surface area contributed by atoms with Crippen LogP contribution >= 0.6 is 15.9 Å². The molecule has 1 aliphatic rings. The van der Waals surface area contributed by atoms with Gasteiger partial charge in [0.25, 0.3) is 0 Å². The first-order valence-corrected chi connectivity index (χ1v) is 5.77. The molecule has 0 atom stereocenters. The standard InChI is InChI=1S/C10H13BrN4O/c1-7-3-4-15(10(16)12-7)6-9-8(11)5-14(2)13-9/h5H,1,3-4,6H2,2H3,(H,12,16). The van der Waals surface area contributed by atoms with Gasteiger partial charge in [-0.3, -0.25) is 4.68 Å². The number of urea groups is 1. The summed E-state index contributed by atoms with van der Waals surface area (Å²) >= 11 is 3.42. The Morgan fingerprint density at radius 3 is 3.00 bits per heavy atom. The average Bonchev–Trinajstić information content (AvgIpc) is 2.50. The van der Waals surface area contributed by atoms with Gasteiger partial charge in [0.05, 0.1) is 16.7 Å². The minimum absolute atomic E-state index is 0.103. The van der Waals surface area contributed by atoms with E-state index in [2.05, 4.69) is 32.9 Å². The Morgan fingerprint density at radius 1 is 1.69 bits per heavy atom. The van der Waals surface area contributed by atoms with Crippen molar-refractivity contribution in [3.63, 3.8) is 0 Å². The topological polar surface area (TPSA) is 50.2 Å². The number of carbonyl (C=O) groups is 1. The van der Waals surface area contributed by atoms with Crippen LogP contribution in [-0.4, -0.2) is 27.3 Å². The van der Waals surface area contributed by atoms with Crippen LogP contribution in [0.3, 0.4) is 0 Å². The van der Waals surface area contributed by atoms with Crippen LogP contribution in [0.1, 0.15) is 12.1 Å². The molecule has 5 nitrogen and oxygen atoms in total. The third-order valence-electron chi connectivity index (χ3n) is 2.45. The molecule has 1 aromatic rings. The van der Waals surface area contributed by atoms with Crippen molar-refractivity contribution in [2.75, 3.05) is 6.54 Å². The van der Waals surface area contributed by atoms with Crippen molar-refractivity contribution in [1.29, 1.82) is 0 Å². The van der Waals surface area contributed by atoms with Crippen molar-refractivity contribution < 1.29 is 4.79 Å². The van der Waals surface area contributed by atoms with Gasteiger partial charge in [-0.05, 0) is 15.9 Å². The first kappa shape index (κ1) is 11.2. The molecule has 0 radical (unpaired) electrons. The summed E-state index contributed by atoms with van der Waals surface area (Å²) < 4.78 is 2.65. The summed E-state index contributed by atoms with van der Waals surface area (Å²) in [6, 6.07) is -0.103. The average molecular weight is 285 g/mol. The van der Waals surface area contributed by atoms with E-state index in [4.69, 9.17) is 0 Å². The van der Waals surface area contributed by atoms with E-state index in [9.17, 15) is 4.79 Å². The van der Waals surface area contributed by atoms with Crippen molar-refractivity contribution >= 4 is 22.0 Å². The van der Waals surface area contributed by atoms with E-state index in [1.165, 1.54) is 0 Å². The maximum atomic E-state index is 11.6. The molecular formula is C10H13BrN4O. The molecule has 0 aliphatic carbocycles. The summed E-state index contributed by atoms with van der Waals surface area (Å²) in [6.45, 7) is 4.94. The van der Waals surface area contributed by atoms with E-state index in [1.54, 1.807) is 9.58 Å². The number of hydrogen-bond acceptors (Lipinski definition) is 2. The Morgan fingerprint density at radius 2 is 2.44 bits per heavy atom. The van der Waals surface area contributed by atoms with E-state index >= 15 is 0 Å². The first-order valence-electron chi connectivity index (χ1n) is 4.98. The number of hydrogen-bond donors (Lipinski definition) is 1. The summed E-state index contributed by atoms with van der Waals surface area (Å²) in [5, 5.41) is 7.00. The fourth-order valence-electron chi connectivity index (χ4n) is 1.61. The van der Waals surface area contributed by atoms with E-state index in [0.29, 0.717) is 13.1 Å². The minimum Gasteiger partial charge on any atom is -0.318 e. The number of nitrogens with zero attached hydrogens (tertiary/aromatic N) is 3. The number of halogens is 1. The molecular weight excluding hydrogens is 272 g/mol. The van der Waals surface area contributed by atoms with E-state index in [0.717, 1.165) is 22.3 Å². The Hall–Kier alpha value is -1.30. The van der Waals surface area contributed by atoms with Gasteiger partial charge in [-0.2, -0.15) is 5.10 Å². The zero-order valence-corrected chi connectivity index (χ0v) is 10.6. The van der Waals surface area contributed by atoms with Crippen molar-refractivity contribution in [2.45, 2.75) is 13.0 Å². The van der Waals surface area contributed by atoms with Gasteiger partial charge in [0, 0.05) is 31.9 Å². The molecule has 2 amide bonds. The third kappa shape index (κ3) is 2.27. The predicted octanol–water partition coefficient (Wildman–Crippen LogP) is 1.61. The fraction of sp³-hybridized carbons (Fsp3) is 0.400. The van der Waals surface area contributed by atoms with Gasteiger partial charge in [0.2, 0.25) is 0 Å². The number of aromatic nitrogens is 2. The molecule has 1 aromatic heterocycles. The quantitative estimate of drug-likeness (QED) is 0.897. The van der Waals surface area contributed by atoms with Crippen LogP contribution in [0, 0.1) is 0 Å². The van der Waals surface area contributed by atoms with Gasteiger partial charge in [0.1, 0.15) is 0 Å². The van der Waals surface area contributed by atoms with Crippen molar-refractivity contribution in [3.8, 4) is 0 Å². The summed E-state index contributed by atoms with van der Waals surface area (Å²) in [5.41, 5.74) is 1.64. The normalized spacial score (nSPS) is 16.5. The van der Waals surface area contributed by atoms with Crippen LogP contribution in [0.2, 0.25) is 0 Å². The summed E-state index contributed by atoms with van der Waals surface area (Å²) in [6.07, 6.45) is 2.66. The second-order valence-corrected chi connectivity index (χ2v) is 4.66. The smallest absolute Gasteiger partial charge is 0.318 e. The SMILES string of the molecule is C=C1CCN(Cc2nn(C)cc2Br)C(=O)N1. The van der Waals surface area contributed by atoms with Gasteiger partial charge in [-0.1, -0.05) is 6.58 Å². The summed E-state index contributed by atoms with van der Waals surface area (Å²) in [7, 11) is 1.85. The maximum absolute atomic E-state index is 11.6. The number of aryl methyl sites for hydroxylation is 1. The van der Waals surface area contributed by atoms with Crippen molar-refractivity contribution in [2.24, 2.45) is 7.05 Å². The molecule has 86 valence electrons. The molecule has 0 bridgehead atoms. The van der Waals surface area contributed by atoms with Crippen LogP contribution in [-0.2, 0) is 13.6 Å². The molecule has 16 heavy (non-hydrogen) atoms. The second kappa shape index (κ2) is 4.29. The van der Waals surface area contributed by atoms with Crippen LogP contribution in [0.15, 0.2) is 22.9 Å². The zero-order valence-electron chi connectivity index (χ0n) is 9.03. The predicted molar refractivity (Wildman–Crippen MR) is 63.6 cm³/mol. The van der Waals surface area contributed by atoms with Crippen molar-refractivity contribution in [3.05, 3.63) is 28.6 Å². The van der Waals surface area contributed by atoms with Gasteiger partial charge < -0.3 is 10.2 Å². The lowest BCUT2D eigenvalue weighted by atomic mass is 10.2. The van der Waals surface area contributed by atoms with Gasteiger partial charge >= 0.3 is 6.03 Å². The Kier molecular flexibility index (Phi) is 3.00. The van der Waals surface area contributed by atoms with Crippen LogP contribution in [0.4, 0.5) is 4.79 Å². The summed E-state index contributed by atoms with van der Waals surface area (Å²) in [5.74, 6) is 0. The number of nitrogens with one attached hydrogen (secondary N) is 1. The highest BCUT2D eigenvalue weighted by Crippen LogP contribution is 2.18. The van der Waals surface area contributed by atoms with Crippen LogP contribution in [0.25, 0.3) is 0 Å². The second-order valence-electron chi connectivity index (χ2n) is 3.80. The van der Waals surface area contributed by atoms with Crippen molar-refractivity contribution in [1.82, 2.24) is 20.0 Å². The lowest BCUT2D eigenvalue weighted by Gasteiger charge is -2.28. The van der Waals surface area contributed by atoms with E-state index in [-0.39, 0.29) is 6.03 Å². The largest absolute Gasteiger partial charge is 0.321 e. The molecule has 0 saturated carbocycles. The lowest BCUT2D eigenvalue weighted by Crippen LogP contribution is -2.44. The molecule has 0 spiro atoms. The van der Waals surface area contributed by atoms with Gasteiger partial charge in [-0.15, -0.1) is 0 Å². The van der Waals surface area contributed by atoms with Gasteiger partial charge in [0.15, 0.2) is 0 Å². The highest BCUT2D eigenvalue weighted by atomic mass is 79.9. The van der Waals surface area contributed by atoms with Crippen LogP contribution in [0.5, 0.6) is 0 Å². The maximum Gasteiger partial charge on any atom is 0.321 e. The monoisotopic (exact) mass is 284 g/mol. The number of rotatable bonds is 2. The van der Waals surface area contributed by atoms with Crippen LogP contribution < -0.4 is 5.32 Å². The molecule has 2 rings (SSSR count). The fourth-order valence-corrected chi connectivity index (χ4v) is 2.11. The molecule has 0 unspecified atom stereocenters. The van der Waals surface area contributed by atoms with E-state index < -0.39 is 0 Å². The lowest BCUT2D eigenvalue weighted by molar-refractivity contribution is 0.189.